The van der Waals surface area contributed by atoms with E-state index in [-0.39, 0.29) is 29.3 Å². The summed E-state index contributed by atoms with van der Waals surface area (Å²) >= 11 is 3.39. The third-order valence-electron chi connectivity index (χ3n) is 5.38. The molecule has 1 spiro atoms. The summed E-state index contributed by atoms with van der Waals surface area (Å²) in [5, 5.41) is 2.91. The summed E-state index contributed by atoms with van der Waals surface area (Å²) < 4.78 is 16.5. The summed E-state index contributed by atoms with van der Waals surface area (Å²) in [4.78, 5) is 39.6. The van der Waals surface area contributed by atoms with E-state index in [1.807, 2.05) is 18.2 Å². The van der Waals surface area contributed by atoms with Crippen LogP contribution in [0.2, 0.25) is 0 Å². The molecule has 2 aromatic carbocycles. The summed E-state index contributed by atoms with van der Waals surface area (Å²) in [6, 6.07) is 14.1. The van der Waals surface area contributed by atoms with Gasteiger partial charge in [0.25, 0.3) is 0 Å². The number of benzene rings is 2. The number of hydrogen-bond acceptors (Lipinski definition) is 8. The van der Waals surface area contributed by atoms with Crippen molar-refractivity contribution < 1.29 is 28.6 Å². The van der Waals surface area contributed by atoms with Crippen molar-refractivity contribution in [3.8, 4) is 0 Å². The van der Waals surface area contributed by atoms with Crippen molar-refractivity contribution in [2.75, 3.05) is 12.4 Å². The molecule has 0 aliphatic carbocycles. The molecule has 0 fully saturated rings. The SMILES string of the molecule is COC(=O)C1=C(N)Nc2ccc(Br)cc2C12C(=O)OC(C)=C2C(=O)OCc1ccccc1. The molecule has 164 valence electrons. The molecule has 2 heterocycles. The maximum absolute atomic E-state index is 13.4. The van der Waals surface area contributed by atoms with Gasteiger partial charge in [0.05, 0.1) is 7.11 Å². The molecule has 1 atom stereocenters. The Hall–Kier alpha value is -3.59. The highest BCUT2D eigenvalue weighted by molar-refractivity contribution is 9.10. The topological polar surface area (TPSA) is 117 Å². The van der Waals surface area contributed by atoms with Gasteiger partial charge in [0.1, 0.15) is 29.3 Å². The first kappa shape index (κ1) is 21.6. The fourth-order valence-corrected chi connectivity index (χ4v) is 4.40. The number of allylic oxidation sites excluding steroid dienone is 1. The number of anilines is 1. The number of hydrogen-bond donors (Lipinski definition) is 2. The number of ether oxygens (including phenoxy) is 3. The first-order valence-corrected chi connectivity index (χ1v) is 10.4. The average Bonchev–Trinajstić information content (AvgIpc) is 3.03. The maximum atomic E-state index is 13.4. The monoisotopic (exact) mass is 498 g/mol. The standard InChI is InChI=1S/C23H19BrN2O6/c1-12-17(21(28)31-11-13-6-4-3-5-7-13)23(22(29)32-12)15-10-14(24)8-9-16(15)26-19(25)18(23)20(27)30-2/h3-10,26H,11,25H2,1-2H3. The van der Waals surface area contributed by atoms with E-state index in [1.165, 1.54) is 6.92 Å². The van der Waals surface area contributed by atoms with Crippen molar-refractivity contribution in [2.45, 2.75) is 18.9 Å². The molecule has 0 radical (unpaired) electrons. The highest BCUT2D eigenvalue weighted by atomic mass is 79.9. The number of nitrogens with two attached hydrogens (primary N) is 1. The first-order valence-electron chi connectivity index (χ1n) is 9.61. The third-order valence-corrected chi connectivity index (χ3v) is 5.88. The third kappa shape index (κ3) is 3.25. The van der Waals surface area contributed by atoms with Gasteiger partial charge < -0.3 is 25.3 Å². The minimum Gasteiger partial charge on any atom is -0.466 e. The zero-order chi connectivity index (χ0) is 23.0. The smallest absolute Gasteiger partial charge is 0.339 e. The lowest BCUT2D eigenvalue weighted by Crippen LogP contribution is -2.47. The Morgan fingerprint density at radius 2 is 1.84 bits per heavy atom. The van der Waals surface area contributed by atoms with Gasteiger partial charge in [-0.1, -0.05) is 46.3 Å². The quantitative estimate of drug-likeness (QED) is 0.487. The Labute approximate surface area is 192 Å². The van der Waals surface area contributed by atoms with Crippen molar-refractivity contribution in [3.63, 3.8) is 0 Å². The van der Waals surface area contributed by atoms with Crippen LogP contribution in [0.5, 0.6) is 0 Å². The average molecular weight is 499 g/mol. The van der Waals surface area contributed by atoms with Gasteiger partial charge in [-0.15, -0.1) is 0 Å². The van der Waals surface area contributed by atoms with E-state index in [0.29, 0.717) is 15.7 Å². The fourth-order valence-electron chi connectivity index (χ4n) is 4.04. The van der Waals surface area contributed by atoms with Crippen LogP contribution in [0.4, 0.5) is 5.69 Å². The molecule has 3 N–H and O–H groups in total. The zero-order valence-electron chi connectivity index (χ0n) is 17.2. The second kappa shape index (κ2) is 8.16. The van der Waals surface area contributed by atoms with Gasteiger partial charge in [-0.25, -0.2) is 14.4 Å². The predicted octanol–water partition coefficient (Wildman–Crippen LogP) is 3.03. The minimum absolute atomic E-state index is 0.0232. The number of rotatable bonds is 4. The summed E-state index contributed by atoms with van der Waals surface area (Å²) in [6.07, 6.45) is 0. The fraction of sp³-hybridized carbons (Fsp3) is 0.174. The van der Waals surface area contributed by atoms with Crippen LogP contribution >= 0.6 is 15.9 Å². The number of esters is 3. The number of carbonyl (C=O) groups is 3. The number of cyclic esters (lactones) is 1. The van der Waals surface area contributed by atoms with Crippen LogP contribution in [-0.4, -0.2) is 25.0 Å². The highest BCUT2D eigenvalue weighted by Crippen LogP contribution is 2.53. The number of nitrogens with one attached hydrogen (secondary N) is 1. The van der Waals surface area contributed by atoms with Gasteiger partial charge in [-0.05, 0) is 30.7 Å². The Bertz CT molecular complexity index is 1200. The van der Waals surface area contributed by atoms with Gasteiger partial charge in [0, 0.05) is 15.7 Å². The molecular weight excluding hydrogens is 480 g/mol. The lowest BCUT2D eigenvalue weighted by atomic mass is 9.67. The molecule has 0 aromatic heterocycles. The molecule has 32 heavy (non-hydrogen) atoms. The van der Waals surface area contributed by atoms with Crippen molar-refractivity contribution in [2.24, 2.45) is 5.73 Å². The van der Waals surface area contributed by atoms with Crippen molar-refractivity contribution in [1.29, 1.82) is 0 Å². The van der Waals surface area contributed by atoms with Crippen LogP contribution in [0.25, 0.3) is 0 Å². The van der Waals surface area contributed by atoms with Crippen molar-refractivity contribution >= 4 is 39.5 Å². The first-order chi connectivity index (χ1) is 15.3. The molecule has 0 saturated carbocycles. The number of halogens is 1. The van der Waals surface area contributed by atoms with Gasteiger partial charge in [-0.2, -0.15) is 0 Å². The molecule has 1 unspecified atom stereocenters. The largest absolute Gasteiger partial charge is 0.466 e. The predicted molar refractivity (Wildman–Crippen MR) is 118 cm³/mol. The van der Waals surface area contributed by atoms with Gasteiger partial charge in [-0.3, -0.25) is 0 Å². The van der Waals surface area contributed by atoms with Gasteiger partial charge in [0.15, 0.2) is 5.41 Å². The maximum Gasteiger partial charge on any atom is 0.339 e. The van der Waals surface area contributed by atoms with E-state index in [9.17, 15) is 14.4 Å². The number of fused-ring (bicyclic) bond motifs is 2. The van der Waals surface area contributed by atoms with Crippen LogP contribution in [0.15, 0.2) is 75.7 Å². The molecular formula is C23H19BrN2O6. The molecule has 4 rings (SSSR count). The van der Waals surface area contributed by atoms with Crippen molar-refractivity contribution in [3.05, 3.63) is 86.9 Å². The highest BCUT2D eigenvalue weighted by Gasteiger charge is 2.62. The molecule has 2 aliphatic rings. The molecule has 8 nitrogen and oxygen atoms in total. The van der Waals surface area contributed by atoms with Crippen molar-refractivity contribution in [1.82, 2.24) is 0 Å². The van der Waals surface area contributed by atoms with Crippen LogP contribution in [0.1, 0.15) is 18.1 Å². The Kier molecular flexibility index (Phi) is 5.52. The second-order valence-corrected chi connectivity index (χ2v) is 8.14. The zero-order valence-corrected chi connectivity index (χ0v) is 18.8. The summed E-state index contributed by atoms with van der Waals surface area (Å²) in [6.45, 7) is 1.44. The van der Waals surface area contributed by atoms with E-state index < -0.39 is 23.3 Å². The van der Waals surface area contributed by atoms with E-state index >= 15 is 0 Å². The van der Waals surface area contributed by atoms with Crippen LogP contribution in [0.3, 0.4) is 0 Å². The summed E-state index contributed by atoms with van der Waals surface area (Å²) in [5.41, 5.74) is 5.38. The van der Waals surface area contributed by atoms with Crippen LogP contribution < -0.4 is 11.1 Å². The Morgan fingerprint density at radius 3 is 2.53 bits per heavy atom. The summed E-state index contributed by atoms with van der Waals surface area (Å²) in [7, 11) is 1.16. The molecule has 2 aliphatic heterocycles. The molecule has 0 saturated heterocycles. The summed E-state index contributed by atoms with van der Waals surface area (Å²) in [5.74, 6) is -2.62. The normalized spacial score (nSPS) is 19.4. The van der Waals surface area contributed by atoms with Crippen LogP contribution in [0, 0.1) is 0 Å². The minimum atomic E-state index is -1.95. The molecule has 2 aromatic rings. The van der Waals surface area contributed by atoms with Crippen LogP contribution in [-0.2, 0) is 40.6 Å². The van der Waals surface area contributed by atoms with Gasteiger partial charge in [0.2, 0.25) is 0 Å². The van der Waals surface area contributed by atoms with E-state index in [1.54, 1.807) is 30.3 Å². The molecule has 0 amide bonds. The Balaban J connectivity index is 1.90. The lowest BCUT2D eigenvalue weighted by molar-refractivity contribution is -0.146. The van der Waals surface area contributed by atoms with E-state index in [4.69, 9.17) is 19.9 Å². The molecule has 9 heteroatoms. The lowest BCUT2D eigenvalue weighted by Gasteiger charge is -2.36. The van der Waals surface area contributed by atoms with Gasteiger partial charge >= 0.3 is 17.9 Å². The second-order valence-electron chi connectivity index (χ2n) is 7.23. The number of carbonyl (C=O) groups excluding carboxylic acids is 3. The Morgan fingerprint density at radius 1 is 1.12 bits per heavy atom. The number of methoxy groups -OCH3 is 1. The molecule has 0 bridgehead atoms. The van der Waals surface area contributed by atoms with E-state index in [0.717, 1.165) is 12.7 Å². The van der Waals surface area contributed by atoms with E-state index in [2.05, 4.69) is 21.2 Å².